The number of nitrogens with one attached hydrogen (secondary N) is 1. The molecule has 0 amide bonds. The van der Waals surface area contributed by atoms with Crippen molar-refractivity contribution in [1.29, 1.82) is 0 Å². The summed E-state index contributed by atoms with van der Waals surface area (Å²) in [5, 5.41) is 13.6. The van der Waals surface area contributed by atoms with Crippen molar-refractivity contribution in [3.8, 4) is 0 Å². The maximum Gasteiger partial charge on any atom is 0.270 e. The number of halogens is 1. The van der Waals surface area contributed by atoms with Crippen molar-refractivity contribution in [2.45, 2.75) is 6.42 Å². The fraction of sp³-hybridized carbons (Fsp3) is 0.333. The van der Waals surface area contributed by atoms with Gasteiger partial charge < -0.3 is 11.1 Å². The summed E-state index contributed by atoms with van der Waals surface area (Å²) >= 11 is 3.27. The van der Waals surface area contributed by atoms with Gasteiger partial charge in [-0.25, -0.2) is 0 Å². The summed E-state index contributed by atoms with van der Waals surface area (Å²) in [6, 6.07) is 4.62. The molecule has 1 aromatic rings. The Morgan fingerprint density at radius 2 is 2.27 bits per heavy atom. The molecule has 82 valence electrons. The van der Waals surface area contributed by atoms with E-state index < -0.39 is 4.92 Å². The molecular weight excluding hydrogens is 262 g/mol. The molecule has 0 aliphatic carbocycles. The monoisotopic (exact) mass is 273 g/mol. The van der Waals surface area contributed by atoms with Crippen LogP contribution in [0.1, 0.15) is 6.42 Å². The van der Waals surface area contributed by atoms with Crippen molar-refractivity contribution in [3.63, 3.8) is 0 Å². The average molecular weight is 274 g/mol. The third kappa shape index (κ3) is 3.49. The SMILES string of the molecule is NCCCNc1ccc([N+](=O)[O-])cc1Br. The lowest BCUT2D eigenvalue weighted by Gasteiger charge is -2.07. The molecule has 0 aliphatic heterocycles. The van der Waals surface area contributed by atoms with Crippen molar-refractivity contribution in [1.82, 2.24) is 0 Å². The number of hydrogen-bond donors (Lipinski definition) is 2. The fourth-order valence-corrected chi connectivity index (χ4v) is 1.59. The molecule has 0 bridgehead atoms. The molecule has 0 unspecified atom stereocenters. The van der Waals surface area contributed by atoms with E-state index in [1.54, 1.807) is 6.07 Å². The van der Waals surface area contributed by atoms with Crippen LogP contribution in [0.15, 0.2) is 22.7 Å². The van der Waals surface area contributed by atoms with Crippen LogP contribution in [0.4, 0.5) is 11.4 Å². The predicted octanol–water partition coefficient (Wildman–Crippen LogP) is 2.12. The Hall–Kier alpha value is -1.14. The summed E-state index contributed by atoms with van der Waals surface area (Å²) in [6.07, 6.45) is 0.865. The lowest BCUT2D eigenvalue weighted by Crippen LogP contribution is -2.08. The first-order valence-electron chi connectivity index (χ1n) is 4.53. The van der Waals surface area contributed by atoms with Crippen LogP contribution in [-0.4, -0.2) is 18.0 Å². The first-order valence-corrected chi connectivity index (χ1v) is 5.32. The summed E-state index contributed by atoms with van der Waals surface area (Å²) in [5.41, 5.74) is 6.27. The molecule has 1 rings (SSSR count). The Labute approximate surface area is 95.9 Å². The fourth-order valence-electron chi connectivity index (χ4n) is 1.09. The summed E-state index contributed by atoms with van der Waals surface area (Å²) in [7, 11) is 0. The van der Waals surface area contributed by atoms with Gasteiger partial charge in [-0.2, -0.15) is 0 Å². The number of nitrogens with two attached hydrogens (primary N) is 1. The lowest BCUT2D eigenvalue weighted by atomic mass is 10.3. The van der Waals surface area contributed by atoms with Gasteiger partial charge in [0.05, 0.1) is 4.92 Å². The zero-order valence-electron chi connectivity index (χ0n) is 8.07. The molecular formula is C9H12BrN3O2. The first-order chi connectivity index (χ1) is 7.15. The van der Waals surface area contributed by atoms with E-state index in [1.165, 1.54) is 12.1 Å². The Bertz CT molecular complexity index is 357. The Morgan fingerprint density at radius 3 is 2.80 bits per heavy atom. The number of hydrogen-bond acceptors (Lipinski definition) is 4. The van der Waals surface area contributed by atoms with Crippen LogP contribution < -0.4 is 11.1 Å². The van der Waals surface area contributed by atoms with E-state index in [9.17, 15) is 10.1 Å². The number of anilines is 1. The molecule has 0 fully saturated rings. The lowest BCUT2D eigenvalue weighted by molar-refractivity contribution is -0.384. The molecule has 0 saturated carbocycles. The highest BCUT2D eigenvalue weighted by molar-refractivity contribution is 9.10. The van der Waals surface area contributed by atoms with Crippen LogP contribution in [0.5, 0.6) is 0 Å². The number of nitrogens with zero attached hydrogens (tertiary/aromatic N) is 1. The van der Waals surface area contributed by atoms with Gasteiger partial charge in [-0.3, -0.25) is 10.1 Å². The minimum atomic E-state index is -0.422. The number of benzene rings is 1. The third-order valence-corrected chi connectivity index (χ3v) is 2.52. The van der Waals surface area contributed by atoms with Crippen LogP contribution in [0.25, 0.3) is 0 Å². The largest absolute Gasteiger partial charge is 0.384 e. The van der Waals surface area contributed by atoms with Gasteiger partial charge in [0.2, 0.25) is 0 Å². The van der Waals surface area contributed by atoms with E-state index in [0.29, 0.717) is 11.0 Å². The predicted molar refractivity (Wildman–Crippen MR) is 63.0 cm³/mol. The summed E-state index contributed by atoms with van der Waals surface area (Å²) in [6.45, 7) is 1.38. The van der Waals surface area contributed by atoms with Gasteiger partial charge in [-0.05, 0) is 35.0 Å². The Kier molecular flexibility index (Phi) is 4.51. The molecule has 0 spiro atoms. The van der Waals surface area contributed by atoms with Gasteiger partial charge in [0.25, 0.3) is 5.69 Å². The van der Waals surface area contributed by atoms with E-state index in [0.717, 1.165) is 18.7 Å². The standard InChI is InChI=1S/C9H12BrN3O2/c10-8-6-7(13(14)15)2-3-9(8)12-5-1-4-11/h2-3,6,12H,1,4-5,11H2. The molecule has 3 N–H and O–H groups in total. The van der Waals surface area contributed by atoms with Crippen molar-refractivity contribution in [3.05, 3.63) is 32.8 Å². The molecule has 5 nitrogen and oxygen atoms in total. The second-order valence-corrected chi connectivity index (χ2v) is 3.84. The molecule has 0 atom stereocenters. The second kappa shape index (κ2) is 5.67. The minimum absolute atomic E-state index is 0.0752. The van der Waals surface area contributed by atoms with E-state index in [4.69, 9.17) is 5.73 Å². The van der Waals surface area contributed by atoms with E-state index in [1.807, 2.05) is 0 Å². The van der Waals surface area contributed by atoms with Gasteiger partial charge >= 0.3 is 0 Å². The normalized spacial score (nSPS) is 10.0. The number of nitro benzene ring substituents is 1. The first kappa shape index (κ1) is 11.9. The van der Waals surface area contributed by atoms with Gasteiger partial charge in [0.15, 0.2) is 0 Å². The van der Waals surface area contributed by atoms with Gasteiger partial charge in [0.1, 0.15) is 0 Å². The zero-order chi connectivity index (χ0) is 11.3. The second-order valence-electron chi connectivity index (χ2n) is 2.99. The molecule has 0 aromatic heterocycles. The smallest absolute Gasteiger partial charge is 0.270 e. The highest BCUT2D eigenvalue weighted by Crippen LogP contribution is 2.26. The maximum absolute atomic E-state index is 10.5. The average Bonchev–Trinajstić information content (AvgIpc) is 2.20. The van der Waals surface area contributed by atoms with Crippen LogP contribution in [0.2, 0.25) is 0 Å². The van der Waals surface area contributed by atoms with Crippen LogP contribution in [0, 0.1) is 10.1 Å². The van der Waals surface area contributed by atoms with Crippen molar-refractivity contribution < 1.29 is 4.92 Å². The van der Waals surface area contributed by atoms with E-state index in [2.05, 4.69) is 21.2 Å². The quantitative estimate of drug-likeness (QED) is 0.489. The summed E-state index contributed by atoms with van der Waals surface area (Å²) in [5.74, 6) is 0. The molecule has 0 heterocycles. The molecule has 1 aromatic carbocycles. The molecule has 0 radical (unpaired) electrons. The van der Waals surface area contributed by atoms with E-state index >= 15 is 0 Å². The zero-order valence-corrected chi connectivity index (χ0v) is 9.66. The number of nitro groups is 1. The molecule has 15 heavy (non-hydrogen) atoms. The maximum atomic E-state index is 10.5. The molecule has 0 aliphatic rings. The summed E-state index contributed by atoms with van der Waals surface area (Å²) in [4.78, 5) is 10.1. The number of rotatable bonds is 5. The molecule has 0 saturated heterocycles. The van der Waals surface area contributed by atoms with Gasteiger partial charge in [-0.1, -0.05) is 0 Å². The summed E-state index contributed by atoms with van der Waals surface area (Å²) < 4.78 is 0.689. The molecule has 6 heteroatoms. The minimum Gasteiger partial charge on any atom is -0.384 e. The Balaban J connectivity index is 2.70. The van der Waals surface area contributed by atoms with Crippen LogP contribution in [0.3, 0.4) is 0 Å². The topological polar surface area (TPSA) is 81.2 Å². The Morgan fingerprint density at radius 1 is 1.53 bits per heavy atom. The van der Waals surface area contributed by atoms with Crippen molar-refractivity contribution >= 4 is 27.3 Å². The van der Waals surface area contributed by atoms with Crippen LogP contribution in [-0.2, 0) is 0 Å². The van der Waals surface area contributed by atoms with E-state index in [-0.39, 0.29) is 5.69 Å². The van der Waals surface area contributed by atoms with Crippen molar-refractivity contribution in [2.24, 2.45) is 5.73 Å². The van der Waals surface area contributed by atoms with Gasteiger partial charge in [-0.15, -0.1) is 0 Å². The van der Waals surface area contributed by atoms with Crippen molar-refractivity contribution in [2.75, 3.05) is 18.4 Å². The number of non-ortho nitro benzene ring substituents is 1. The third-order valence-electron chi connectivity index (χ3n) is 1.86. The van der Waals surface area contributed by atoms with Gasteiger partial charge in [0, 0.05) is 28.8 Å². The highest BCUT2D eigenvalue weighted by Gasteiger charge is 2.08. The van der Waals surface area contributed by atoms with Crippen LogP contribution >= 0.6 is 15.9 Å². The highest BCUT2D eigenvalue weighted by atomic mass is 79.9.